The predicted molar refractivity (Wildman–Crippen MR) is 132 cm³/mol. The molecule has 9 nitrogen and oxygen atoms in total. The molecule has 0 bridgehead atoms. The molecule has 176 valence electrons. The third kappa shape index (κ3) is 6.31. The highest BCUT2D eigenvalue weighted by Gasteiger charge is 2.18. The second-order valence-electron chi connectivity index (χ2n) is 7.20. The number of methoxy groups -OCH3 is 1. The van der Waals surface area contributed by atoms with Crippen molar-refractivity contribution in [3.8, 4) is 17.6 Å². The Morgan fingerprint density at radius 1 is 1.09 bits per heavy atom. The van der Waals surface area contributed by atoms with Crippen molar-refractivity contribution >= 4 is 45.3 Å². The molecule has 35 heavy (non-hydrogen) atoms. The van der Waals surface area contributed by atoms with Crippen molar-refractivity contribution in [2.24, 2.45) is 0 Å². The van der Waals surface area contributed by atoms with Gasteiger partial charge in [0.25, 0.3) is 11.6 Å². The van der Waals surface area contributed by atoms with Crippen molar-refractivity contribution in [2.75, 3.05) is 12.4 Å². The van der Waals surface area contributed by atoms with E-state index in [1.54, 1.807) is 42.5 Å². The standard InChI is InChI=1S/C25H18BrN3O6/c1-15-3-5-16(6-4-15)25(31)35-22-9-7-19(26)12-17(22)11-18(14-27)24(30)28-21-13-20(29(32)33)8-10-23(21)34-2/h3-13H,1-2H3,(H,28,30)/b18-11+. The third-order valence-corrected chi connectivity index (χ3v) is 5.26. The molecular formula is C25H18BrN3O6. The topological polar surface area (TPSA) is 132 Å². The summed E-state index contributed by atoms with van der Waals surface area (Å²) in [6, 6.07) is 17.1. The molecule has 3 aromatic carbocycles. The summed E-state index contributed by atoms with van der Waals surface area (Å²) in [6.45, 7) is 1.89. The van der Waals surface area contributed by atoms with E-state index in [4.69, 9.17) is 9.47 Å². The predicted octanol–water partition coefficient (Wildman–Crippen LogP) is 5.44. The van der Waals surface area contributed by atoms with Crippen molar-refractivity contribution in [3.63, 3.8) is 0 Å². The highest BCUT2D eigenvalue weighted by atomic mass is 79.9. The zero-order valence-electron chi connectivity index (χ0n) is 18.6. The maximum absolute atomic E-state index is 12.8. The molecule has 0 aliphatic carbocycles. The first-order chi connectivity index (χ1) is 16.7. The molecule has 3 aromatic rings. The smallest absolute Gasteiger partial charge is 0.343 e. The number of amides is 1. The monoisotopic (exact) mass is 535 g/mol. The van der Waals surface area contributed by atoms with Crippen LogP contribution in [0.4, 0.5) is 11.4 Å². The van der Waals surface area contributed by atoms with Crippen molar-refractivity contribution in [1.82, 2.24) is 0 Å². The van der Waals surface area contributed by atoms with E-state index in [-0.39, 0.29) is 34.0 Å². The summed E-state index contributed by atoms with van der Waals surface area (Å²) in [5, 5.41) is 23.2. The number of non-ortho nitro benzene ring substituents is 1. The fourth-order valence-corrected chi connectivity index (χ4v) is 3.35. The first-order valence-electron chi connectivity index (χ1n) is 10.1. The first kappa shape index (κ1) is 25.1. The van der Waals surface area contributed by atoms with Crippen molar-refractivity contribution in [3.05, 3.63) is 97.5 Å². The van der Waals surface area contributed by atoms with Crippen molar-refractivity contribution in [2.45, 2.75) is 6.92 Å². The van der Waals surface area contributed by atoms with Gasteiger partial charge in [0.05, 0.1) is 23.3 Å². The van der Waals surface area contributed by atoms with Gasteiger partial charge in [-0.3, -0.25) is 14.9 Å². The van der Waals surface area contributed by atoms with Gasteiger partial charge in [0.1, 0.15) is 23.1 Å². The van der Waals surface area contributed by atoms with Gasteiger partial charge in [0.2, 0.25) is 0 Å². The number of carbonyl (C=O) groups excluding carboxylic acids is 2. The fraction of sp³-hybridized carbons (Fsp3) is 0.0800. The third-order valence-electron chi connectivity index (χ3n) is 4.77. The second kappa shape index (κ2) is 11.1. The number of nitro groups is 1. The molecule has 0 unspecified atom stereocenters. The number of nitriles is 1. The van der Waals surface area contributed by atoms with Gasteiger partial charge in [-0.2, -0.15) is 5.26 Å². The Labute approximate surface area is 208 Å². The first-order valence-corrected chi connectivity index (χ1v) is 10.8. The number of aryl methyl sites for hydroxylation is 1. The van der Waals surface area contributed by atoms with Crippen molar-refractivity contribution < 1.29 is 24.0 Å². The SMILES string of the molecule is COc1ccc([N+](=O)[O-])cc1NC(=O)/C(C#N)=C/c1cc(Br)ccc1OC(=O)c1ccc(C)cc1. The van der Waals surface area contributed by atoms with Gasteiger partial charge in [-0.15, -0.1) is 0 Å². The molecule has 0 radical (unpaired) electrons. The Hall–Kier alpha value is -4.49. The van der Waals surface area contributed by atoms with Crippen LogP contribution in [0, 0.1) is 28.4 Å². The Morgan fingerprint density at radius 3 is 2.40 bits per heavy atom. The summed E-state index contributed by atoms with van der Waals surface area (Å²) < 4.78 is 11.3. The number of rotatable bonds is 7. The molecule has 1 amide bonds. The Bertz CT molecular complexity index is 1380. The molecule has 0 spiro atoms. The zero-order valence-corrected chi connectivity index (χ0v) is 20.2. The molecule has 0 saturated heterocycles. The maximum atomic E-state index is 12.8. The van der Waals surface area contributed by atoms with Crippen LogP contribution in [-0.2, 0) is 4.79 Å². The molecule has 0 heterocycles. The normalized spacial score (nSPS) is 10.7. The number of benzene rings is 3. The Morgan fingerprint density at radius 2 is 1.77 bits per heavy atom. The van der Waals surface area contributed by atoms with Crippen molar-refractivity contribution in [1.29, 1.82) is 5.26 Å². The largest absolute Gasteiger partial charge is 0.495 e. The number of nitrogens with one attached hydrogen (secondary N) is 1. The van der Waals surface area contributed by atoms with Gasteiger partial charge in [0, 0.05) is 22.2 Å². The van der Waals surface area contributed by atoms with E-state index in [2.05, 4.69) is 21.2 Å². The van der Waals surface area contributed by atoms with Gasteiger partial charge in [-0.25, -0.2) is 4.79 Å². The lowest BCUT2D eigenvalue weighted by Crippen LogP contribution is -2.14. The van der Waals surface area contributed by atoms with Gasteiger partial charge in [-0.05, 0) is 49.4 Å². The van der Waals surface area contributed by atoms with E-state index >= 15 is 0 Å². The molecule has 0 saturated carbocycles. The molecule has 0 atom stereocenters. The highest BCUT2D eigenvalue weighted by molar-refractivity contribution is 9.10. The second-order valence-corrected chi connectivity index (χ2v) is 8.12. The molecule has 0 aliphatic heterocycles. The number of hydrogen-bond acceptors (Lipinski definition) is 7. The molecule has 10 heteroatoms. The Balaban J connectivity index is 1.92. The quantitative estimate of drug-likeness (QED) is 0.106. The average molecular weight is 536 g/mol. The van der Waals surface area contributed by atoms with Crippen LogP contribution in [0.3, 0.4) is 0 Å². The summed E-state index contributed by atoms with van der Waals surface area (Å²) in [5.41, 5.74) is 1.04. The van der Waals surface area contributed by atoms with Crippen LogP contribution in [0.2, 0.25) is 0 Å². The summed E-state index contributed by atoms with van der Waals surface area (Å²) in [6.07, 6.45) is 1.25. The fourth-order valence-electron chi connectivity index (χ4n) is 2.97. The number of esters is 1. The number of carbonyl (C=O) groups is 2. The summed E-state index contributed by atoms with van der Waals surface area (Å²) in [4.78, 5) is 35.9. The number of hydrogen-bond donors (Lipinski definition) is 1. The van der Waals surface area contributed by atoms with E-state index < -0.39 is 16.8 Å². The lowest BCUT2D eigenvalue weighted by Gasteiger charge is -2.11. The van der Waals surface area contributed by atoms with E-state index in [9.17, 15) is 25.0 Å². The van der Waals surface area contributed by atoms with Crippen LogP contribution in [0.25, 0.3) is 6.08 Å². The Kier molecular flexibility index (Phi) is 7.96. The van der Waals surface area contributed by atoms with Gasteiger partial charge < -0.3 is 14.8 Å². The van der Waals surface area contributed by atoms with Crippen LogP contribution in [0.5, 0.6) is 11.5 Å². The number of halogens is 1. The average Bonchev–Trinajstić information content (AvgIpc) is 2.84. The highest BCUT2D eigenvalue weighted by Crippen LogP contribution is 2.30. The molecule has 3 rings (SSSR count). The minimum atomic E-state index is -0.831. The van der Waals surface area contributed by atoms with Crippen LogP contribution >= 0.6 is 15.9 Å². The summed E-state index contributed by atoms with van der Waals surface area (Å²) >= 11 is 3.32. The van der Waals surface area contributed by atoms with E-state index in [1.807, 2.05) is 6.92 Å². The van der Waals surface area contributed by atoms with Gasteiger partial charge in [0.15, 0.2) is 0 Å². The minimum Gasteiger partial charge on any atom is -0.495 e. The number of nitro benzene ring substituents is 1. The molecule has 0 aliphatic rings. The lowest BCUT2D eigenvalue weighted by molar-refractivity contribution is -0.384. The van der Waals surface area contributed by atoms with Gasteiger partial charge in [-0.1, -0.05) is 33.6 Å². The van der Waals surface area contributed by atoms with Crippen LogP contribution < -0.4 is 14.8 Å². The van der Waals surface area contributed by atoms with Crippen LogP contribution in [0.15, 0.2) is 70.7 Å². The van der Waals surface area contributed by atoms with E-state index in [0.717, 1.165) is 11.6 Å². The zero-order chi connectivity index (χ0) is 25.5. The van der Waals surface area contributed by atoms with Gasteiger partial charge >= 0.3 is 5.97 Å². The minimum absolute atomic E-state index is 0.0214. The molecule has 1 N–H and O–H groups in total. The molecule has 0 fully saturated rings. The number of nitrogens with zero attached hydrogens (tertiary/aromatic N) is 2. The lowest BCUT2D eigenvalue weighted by atomic mass is 10.1. The van der Waals surface area contributed by atoms with E-state index in [0.29, 0.717) is 10.0 Å². The molecular weight excluding hydrogens is 518 g/mol. The van der Waals surface area contributed by atoms with E-state index in [1.165, 1.54) is 31.4 Å². The van der Waals surface area contributed by atoms with Crippen LogP contribution in [0.1, 0.15) is 21.5 Å². The number of ether oxygens (including phenoxy) is 2. The number of anilines is 1. The van der Waals surface area contributed by atoms with Crippen LogP contribution in [-0.4, -0.2) is 23.9 Å². The maximum Gasteiger partial charge on any atom is 0.343 e. The molecule has 0 aromatic heterocycles. The summed E-state index contributed by atoms with van der Waals surface area (Å²) in [7, 11) is 1.34. The summed E-state index contributed by atoms with van der Waals surface area (Å²) in [5.74, 6) is -1.13.